The summed E-state index contributed by atoms with van der Waals surface area (Å²) in [5, 5.41) is 12.9. The highest BCUT2D eigenvalue weighted by Gasteiger charge is 2.43. The van der Waals surface area contributed by atoms with Gasteiger partial charge in [0.05, 0.1) is 34.3 Å². The van der Waals surface area contributed by atoms with Crippen molar-refractivity contribution in [3.63, 3.8) is 0 Å². The van der Waals surface area contributed by atoms with Gasteiger partial charge in [-0.05, 0) is 74.1 Å². The molecule has 1 aliphatic carbocycles. The average molecular weight is 655 g/mol. The Bertz CT molecular complexity index is 2080. The first-order valence-corrected chi connectivity index (χ1v) is 18.2. The number of nitrogens with one attached hydrogen (secondary N) is 1. The molecule has 8 rings (SSSR count). The zero-order valence-electron chi connectivity index (χ0n) is 26.8. The third kappa shape index (κ3) is 5.41. The summed E-state index contributed by atoms with van der Waals surface area (Å²) in [6, 6.07) is 7.86. The number of rotatable bonds is 8. The second kappa shape index (κ2) is 11.8. The molecule has 12 heteroatoms. The lowest BCUT2D eigenvalue weighted by Gasteiger charge is -2.23. The lowest BCUT2D eigenvalue weighted by molar-refractivity contribution is 0.0639. The second-order valence-electron chi connectivity index (χ2n) is 13.3. The largest absolute Gasteiger partial charge is 0.452 e. The topological polar surface area (TPSA) is 146 Å². The minimum absolute atomic E-state index is 0.00453. The molecule has 11 nitrogen and oxygen atoms in total. The first kappa shape index (κ1) is 30.2. The van der Waals surface area contributed by atoms with Crippen molar-refractivity contribution in [2.75, 3.05) is 24.3 Å². The fourth-order valence-electron chi connectivity index (χ4n) is 7.45. The quantitative estimate of drug-likeness (QED) is 0.192. The minimum Gasteiger partial charge on any atom is -0.452 e. The van der Waals surface area contributed by atoms with Gasteiger partial charge in [0.2, 0.25) is 11.8 Å². The van der Waals surface area contributed by atoms with Crippen LogP contribution >= 0.6 is 0 Å². The monoisotopic (exact) mass is 654 g/mol. The molecular formula is C35H38N6O5S. The molecule has 0 spiro atoms. The number of furan rings is 1. The zero-order valence-corrected chi connectivity index (χ0v) is 27.6. The lowest BCUT2D eigenvalue weighted by Crippen LogP contribution is -2.17. The highest BCUT2D eigenvalue weighted by atomic mass is 32.2. The molecule has 3 aliphatic rings. The molecule has 244 valence electrons. The second-order valence-corrected chi connectivity index (χ2v) is 15.3. The van der Waals surface area contributed by atoms with Gasteiger partial charge in [-0.1, -0.05) is 19.9 Å². The number of sulfone groups is 1. The molecule has 0 saturated carbocycles. The third-order valence-corrected chi connectivity index (χ3v) is 11.8. The number of aromatic nitrogens is 5. The Balaban J connectivity index is 1.31. The Kier molecular flexibility index (Phi) is 7.59. The van der Waals surface area contributed by atoms with Gasteiger partial charge >= 0.3 is 0 Å². The molecule has 1 fully saturated rings. The molecule has 1 saturated heterocycles. The van der Waals surface area contributed by atoms with Gasteiger partial charge in [0.1, 0.15) is 10.7 Å². The van der Waals surface area contributed by atoms with Gasteiger partial charge in [0.15, 0.2) is 21.2 Å². The number of hydrogen-bond donors (Lipinski definition) is 1. The number of pyridine rings is 3. The summed E-state index contributed by atoms with van der Waals surface area (Å²) in [7, 11) is -3.72. The van der Waals surface area contributed by atoms with Gasteiger partial charge in [-0.15, -0.1) is 10.2 Å². The van der Waals surface area contributed by atoms with E-state index >= 15 is 0 Å². The van der Waals surface area contributed by atoms with E-state index in [4.69, 9.17) is 18.6 Å². The standard InChI is InChI=1S/C35H38N6O5S/c1-19(2)24-18-47(42,43)33-30(29(35-41-40-20(3)45-35)27(38-31(24)33)7-6-21-11-15-44-16-12-21)28-17-22-10-14-37-34(32(22)46-28)39-26-9-8-25-23(26)5-4-13-36-25/h4-5,10,13-14,17,19,21,24,26H,6-9,11-12,15-16,18H2,1-3H3,(H,37,39)/t24-,26?/m0/s1. The van der Waals surface area contributed by atoms with E-state index < -0.39 is 9.84 Å². The van der Waals surface area contributed by atoms with Crippen LogP contribution in [0.4, 0.5) is 5.82 Å². The lowest BCUT2D eigenvalue weighted by atomic mass is 9.89. The van der Waals surface area contributed by atoms with Crippen LogP contribution in [-0.2, 0) is 27.4 Å². The maximum Gasteiger partial charge on any atom is 0.250 e. The summed E-state index contributed by atoms with van der Waals surface area (Å²) < 4.78 is 46.5. The normalized spacial score (nSPS) is 20.6. The molecule has 5 aromatic rings. The van der Waals surface area contributed by atoms with E-state index in [1.807, 2.05) is 24.4 Å². The number of nitrogens with zero attached hydrogens (tertiary/aromatic N) is 5. The van der Waals surface area contributed by atoms with Crippen molar-refractivity contribution in [2.24, 2.45) is 11.8 Å². The van der Waals surface area contributed by atoms with E-state index in [0.29, 0.717) is 52.2 Å². The first-order chi connectivity index (χ1) is 22.8. The van der Waals surface area contributed by atoms with Crippen LogP contribution in [0.5, 0.6) is 0 Å². The van der Waals surface area contributed by atoms with Crippen molar-refractivity contribution in [3.8, 4) is 22.8 Å². The van der Waals surface area contributed by atoms with Gasteiger partial charge < -0.3 is 18.9 Å². The van der Waals surface area contributed by atoms with E-state index in [2.05, 4.69) is 45.4 Å². The van der Waals surface area contributed by atoms with E-state index in [-0.39, 0.29) is 34.4 Å². The van der Waals surface area contributed by atoms with Gasteiger partial charge in [-0.25, -0.2) is 13.4 Å². The molecule has 47 heavy (non-hydrogen) atoms. The van der Waals surface area contributed by atoms with Crippen molar-refractivity contribution in [1.82, 2.24) is 25.1 Å². The van der Waals surface area contributed by atoms with Crippen molar-refractivity contribution in [1.29, 1.82) is 0 Å². The van der Waals surface area contributed by atoms with Gasteiger partial charge in [0.25, 0.3) is 0 Å². The van der Waals surface area contributed by atoms with Crippen LogP contribution in [-0.4, -0.2) is 52.5 Å². The predicted octanol–water partition coefficient (Wildman–Crippen LogP) is 6.63. The van der Waals surface area contributed by atoms with Crippen molar-refractivity contribution < 1.29 is 22.0 Å². The highest BCUT2D eigenvalue weighted by molar-refractivity contribution is 7.92. The van der Waals surface area contributed by atoms with Crippen LogP contribution in [0.15, 0.2) is 50.4 Å². The maximum atomic E-state index is 14.1. The van der Waals surface area contributed by atoms with Gasteiger partial charge in [-0.3, -0.25) is 9.97 Å². The molecular weight excluding hydrogens is 616 g/mol. The van der Waals surface area contributed by atoms with Crippen LogP contribution in [0.1, 0.15) is 80.0 Å². The molecule has 5 aromatic heterocycles. The maximum absolute atomic E-state index is 14.1. The first-order valence-electron chi connectivity index (χ1n) is 16.5. The Morgan fingerprint density at radius 3 is 2.66 bits per heavy atom. The predicted molar refractivity (Wildman–Crippen MR) is 176 cm³/mol. The summed E-state index contributed by atoms with van der Waals surface area (Å²) >= 11 is 0. The molecule has 0 aromatic carbocycles. The third-order valence-electron chi connectivity index (χ3n) is 9.95. The molecule has 0 bridgehead atoms. The van der Waals surface area contributed by atoms with Crippen molar-refractivity contribution >= 4 is 26.6 Å². The summed E-state index contributed by atoms with van der Waals surface area (Å²) in [5.41, 5.74) is 5.12. The summed E-state index contributed by atoms with van der Waals surface area (Å²) in [6.07, 6.45) is 8.85. The Hall–Kier alpha value is -4.16. The minimum atomic E-state index is -3.72. The fraction of sp³-hybridized carbons (Fsp3) is 0.457. The smallest absolute Gasteiger partial charge is 0.250 e. The number of ether oxygens (including phenoxy) is 1. The summed E-state index contributed by atoms with van der Waals surface area (Å²) in [4.78, 5) is 14.6. The van der Waals surface area contributed by atoms with E-state index in [9.17, 15) is 8.42 Å². The highest BCUT2D eigenvalue weighted by Crippen LogP contribution is 2.49. The molecule has 2 atom stereocenters. The number of fused-ring (bicyclic) bond motifs is 3. The molecule has 0 amide bonds. The molecule has 2 aliphatic heterocycles. The summed E-state index contributed by atoms with van der Waals surface area (Å²) in [5.74, 6) is 1.95. The van der Waals surface area contributed by atoms with E-state index in [0.717, 1.165) is 67.7 Å². The molecule has 7 heterocycles. The molecule has 1 unspecified atom stereocenters. The zero-order chi connectivity index (χ0) is 32.3. The van der Waals surface area contributed by atoms with Crippen molar-refractivity contribution in [2.45, 2.75) is 76.2 Å². The van der Waals surface area contributed by atoms with Crippen LogP contribution < -0.4 is 5.32 Å². The van der Waals surface area contributed by atoms with Gasteiger partial charge in [-0.2, -0.15) is 0 Å². The van der Waals surface area contributed by atoms with Crippen LogP contribution in [0.3, 0.4) is 0 Å². The van der Waals surface area contributed by atoms with Crippen LogP contribution in [0.25, 0.3) is 33.7 Å². The summed E-state index contributed by atoms with van der Waals surface area (Å²) in [6.45, 7) is 7.34. The average Bonchev–Trinajstić information content (AvgIpc) is 3.85. The number of hydrogen-bond acceptors (Lipinski definition) is 11. The Morgan fingerprint density at radius 2 is 1.87 bits per heavy atom. The SMILES string of the molecule is Cc1nnc(-c2c(CCC3CCOCC3)nc3c(c2-c2cc4ccnc(NC5CCc6ncccc65)c4o2)S(=O)(=O)C[C@H]3C(C)C)o1. The van der Waals surface area contributed by atoms with E-state index in [1.165, 1.54) is 0 Å². The van der Waals surface area contributed by atoms with Crippen molar-refractivity contribution in [3.05, 3.63) is 65.2 Å². The fourth-order valence-corrected chi connectivity index (χ4v) is 9.66. The molecule has 1 N–H and O–H groups in total. The van der Waals surface area contributed by atoms with Crippen LogP contribution in [0.2, 0.25) is 0 Å². The number of anilines is 1. The van der Waals surface area contributed by atoms with E-state index in [1.54, 1.807) is 13.1 Å². The number of aryl methyl sites for hydroxylation is 3. The molecule has 0 radical (unpaired) electrons. The van der Waals surface area contributed by atoms with Crippen LogP contribution in [0, 0.1) is 18.8 Å². The van der Waals surface area contributed by atoms with Gasteiger partial charge in [0, 0.05) is 49.5 Å². The Labute approximate surface area is 273 Å². The Morgan fingerprint density at radius 1 is 1.02 bits per heavy atom.